The van der Waals surface area contributed by atoms with Crippen molar-refractivity contribution < 1.29 is 4.74 Å². The van der Waals surface area contributed by atoms with Crippen molar-refractivity contribution in [3.05, 3.63) is 34.9 Å². The first-order valence-corrected chi connectivity index (χ1v) is 5.24. The quantitative estimate of drug-likeness (QED) is 0.770. The van der Waals surface area contributed by atoms with Gasteiger partial charge in [-0.3, -0.25) is 0 Å². The van der Waals surface area contributed by atoms with Crippen LogP contribution < -0.4 is 5.32 Å². The number of halogens is 1. The maximum Gasteiger partial charge on any atom is 0.0950 e. The van der Waals surface area contributed by atoms with Gasteiger partial charge in [0.2, 0.25) is 0 Å². The molecule has 0 amide bonds. The summed E-state index contributed by atoms with van der Waals surface area (Å²) < 4.78 is 5.71. The van der Waals surface area contributed by atoms with Crippen LogP contribution in [0.2, 0.25) is 5.02 Å². The van der Waals surface area contributed by atoms with E-state index in [0.717, 1.165) is 18.2 Å². The molecule has 0 radical (unpaired) electrons. The van der Waals surface area contributed by atoms with Crippen molar-refractivity contribution in [2.24, 2.45) is 0 Å². The van der Waals surface area contributed by atoms with E-state index in [0.29, 0.717) is 6.04 Å². The molecule has 1 aliphatic heterocycles. The zero-order valence-electron chi connectivity index (χ0n) is 8.16. The lowest BCUT2D eigenvalue weighted by Gasteiger charge is -2.28. The smallest absolute Gasteiger partial charge is 0.0950 e. The first-order chi connectivity index (χ1) is 6.75. The largest absolute Gasteiger partial charge is 0.371 e. The van der Waals surface area contributed by atoms with Gasteiger partial charge in [0.05, 0.1) is 12.7 Å². The summed E-state index contributed by atoms with van der Waals surface area (Å²) in [5.74, 6) is 0. The minimum absolute atomic E-state index is 0.170. The maximum absolute atomic E-state index is 5.82. The second-order valence-electron chi connectivity index (χ2n) is 3.68. The van der Waals surface area contributed by atoms with Gasteiger partial charge in [-0.05, 0) is 24.6 Å². The Morgan fingerprint density at radius 3 is 2.64 bits per heavy atom. The molecule has 0 saturated carbocycles. The second kappa shape index (κ2) is 4.30. The Morgan fingerprint density at radius 2 is 2.07 bits per heavy atom. The fraction of sp³-hybridized carbons (Fsp3) is 0.455. The number of rotatable bonds is 1. The van der Waals surface area contributed by atoms with Gasteiger partial charge in [-0.25, -0.2) is 0 Å². The van der Waals surface area contributed by atoms with Crippen LogP contribution in [0.25, 0.3) is 0 Å². The molecule has 0 spiro atoms. The van der Waals surface area contributed by atoms with Crippen LogP contribution in [0.3, 0.4) is 0 Å². The van der Waals surface area contributed by atoms with Gasteiger partial charge in [0, 0.05) is 17.6 Å². The summed E-state index contributed by atoms with van der Waals surface area (Å²) in [6.07, 6.45) is 0.170. The van der Waals surface area contributed by atoms with Crippen LogP contribution in [0.15, 0.2) is 24.3 Å². The molecule has 3 heteroatoms. The minimum atomic E-state index is 0.170. The van der Waals surface area contributed by atoms with E-state index in [2.05, 4.69) is 12.2 Å². The molecule has 1 unspecified atom stereocenters. The standard InChI is InChI=1S/C11H14ClNO/c1-8-7-14-11(6-13-8)9-2-4-10(12)5-3-9/h2-5,8,11,13H,6-7H2,1H3/t8-,11?/m0/s1. The highest BCUT2D eigenvalue weighted by molar-refractivity contribution is 6.30. The molecule has 1 N–H and O–H groups in total. The molecule has 14 heavy (non-hydrogen) atoms. The van der Waals surface area contributed by atoms with Crippen LogP contribution in [-0.4, -0.2) is 19.2 Å². The fourth-order valence-electron chi connectivity index (χ4n) is 1.58. The molecule has 1 aromatic rings. The van der Waals surface area contributed by atoms with Gasteiger partial charge >= 0.3 is 0 Å². The van der Waals surface area contributed by atoms with E-state index in [1.54, 1.807) is 0 Å². The van der Waals surface area contributed by atoms with Gasteiger partial charge in [0.1, 0.15) is 0 Å². The predicted molar refractivity (Wildman–Crippen MR) is 57.6 cm³/mol. The highest BCUT2D eigenvalue weighted by Crippen LogP contribution is 2.21. The van der Waals surface area contributed by atoms with E-state index in [1.807, 2.05) is 24.3 Å². The average molecular weight is 212 g/mol. The molecule has 76 valence electrons. The number of benzene rings is 1. The van der Waals surface area contributed by atoms with Crippen LogP contribution in [0.1, 0.15) is 18.6 Å². The van der Waals surface area contributed by atoms with Crippen molar-refractivity contribution >= 4 is 11.6 Å². The monoisotopic (exact) mass is 211 g/mol. The number of hydrogen-bond donors (Lipinski definition) is 1. The van der Waals surface area contributed by atoms with E-state index in [4.69, 9.17) is 16.3 Å². The molecular weight excluding hydrogens is 198 g/mol. The summed E-state index contributed by atoms with van der Waals surface area (Å²) in [6.45, 7) is 3.77. The highest BCUT2D eigenvalue weighted by atomic mass is 35.5. The van der Waals surface area contributed by atoms with Crippen molar-refractivity contribution in [1.82, 2.24) is 5.32 Å². The zero-order valence-corrected chi connectivity index (χ0v) is 8.92. The van der Waals surface area contributed by atoms with Crippen LogP contribution in [-0.2, 0) is 4.74 Å². The van der Waals surface area contributed by atoms with Crippen molar-refractivity contribution in [2.75, 3.05) is 13.2 Å². The van der Waals surface area contributed by atoms with E-state index < -0.39 is 0 Å². The number of morpholine rings is 1. The van der Waals surface area contributed by atoms with Crippen LogP contribution >= 0.6 is 11.6 Å². The van der Waals surface area contributed by atoms with Gasteiger partial charge in [0.25, 0.3) is 0 Å². The lowest BCUT2D eigenvalue weighted by molar-refractivity contribution is 0.00695. The Balaban J connectivity index is 2.05. The molecule has 1 heterocycles. The Morgan fingerprint density at radius 1 is 1.36 bits per heavy atom. The Kier molecular flexibility index (Phi) is 3.06. The highest BCUT2D eigenvalue weighted by Gasteiger charge is 2.18. The molecule has 1 saturated heterocycles. The fourth-order valence-corrected chi connectivity index (χ4v) is 1.70. The van der Waals surface area contributed by atoms with Crippen LogP contribution in [0.5, 0.6) is 0 Å². The van der Waals surface area contributed by atoms with Gasteiger partial charge < -0.3 is 10.1 Å². The van der Waals surface area contributed by atoms with Crippen LogP contribution in [0.4, 0.5) is 0 Å². The van der Waals surface area contributed by atoms with Crippen molar-refractivity contribution in [3.63, 3.8) is 0 Å². The molecule has 0 aliphatic carbocycles. The minimum Gasteiger partial charge on any atom is -0.371 e. The molecule has 0 aromatic heterocycles. The molecule has 2 atom stereocenters. The van der Waals surface area contributed by atoms with E-state index in [9.17, 15) is 0 Å². The number of ether oxygens (including phenoxy) is 1. The lowest BCUT2D eigenvalue weighted by atomic mass is 10.1. The molecule has 2 nitrogen and oxygen atoms in total. The zero-order chi connectivity index (χ0) is 9.97. The summed E-state index contributed by atoms with van der Waals surface area (Å²) in [6, 6.07) is 8.30. The van der Waals surface area contributed by atoms with Gasteiger partial charge in [-0.15, -0.1) is 0 Å². The third kappa shape index (κ3) is 2.27. The van der Waals surface area contributed by atoms with Crippen LogP contribution in [0, 0.1) is 0 Å². The summed E-state index contributed by atoms with van der Waals surface area (Å²) in [5.41, 5.74) is 1.19. The predicted octanol–water partition coefficient (Wildman–Crippen LogP) is 2.39. The Labute approximate surface area is 89.2 Å². The third-order valence-electron chi connectivity index (χ3n) is 2.44. The second-order valence-corrected chi connectivity index (χ2v) is 4.12. The molecular formula is C11H14ClNO. The van der Waals surface area contributed by atoms with Crippen molar-refractivity contribution in [3.8, 4) is 0 Å². The maximum atomic E-state index is 5.82. The summed E-state index contributed by atoms with van der Waals surface area (Å²) >= 11 is 5.82. The first kappa shape index (κ1) is 9.97. The van der Waals surface area contributed by atoms with E-state index in [1.165, 1.54) is 5.56 Å². The van der Waals surface area contributed by atoms with Crippen molar-refractivity contribution in [1.29, 1.82) is 0 Å². The average Bonchev–Trinajstić information content (AvgIpc) is 2.21. The van der Waals surface area contributed by atoms with Gasteiger partial charge in [-0.2, -0.15) is 0 Å². The lowest BCUT2D eigenvalue weighted by Crippen LogP contribution is -2.40. The topological polar surface area (TPSA) is 21.3 Å². The Hall–Kier alpha value is -0.570. The number of hydrogen-bond acceptors (Lipinski definition) is 2. The molecule has 1 aromatic carbocycles. The van der Waals surface area contributed by atoms with Gasteiger partial charge in [0.15, 0.2) is 0 Å². The summed E-state index contributed by atoms with van der Waals surface area (Å²) in [4.78, 5) is 0. The van der Waals surface area contributed by atoms with E-state index >= 15 is 0 Å². The first-order valence-electron chi connectivity index (χ1n) is 4.86. The Bertz CT molecular complexity index is 291. The molecule has 0 bridgehead atoms. The molecule has 2 rings (SSSR count). The third-order valence-corrected chi connectivity index (χ3v) is 2.69. The number of nitrogens with one attached hydrogen (secondary N) is 1. The normalized spacial score (nSPS) is 27.6. The van der Waals surface area contributed by atoms with E-state index in [-0.39, 0.29) is 6.10 Å². The summed E-state index contributed by atoms with van der Waals surface area (Å²) in [7, 11) is 0. The summed E-state index contributed by atoms with van der Waals surface area (Å²) in [5, 5.41) is 4.16. The van der Waals surface area contributed by atoms with Gasteiger partial charge in [-0.1, -0.05) is 23.7 Å². The van der Waals surface area contributed by atoms with Crippen molar-refractivity contribution in [2.45, 2.75) is 19.1 Å². The molecule has 1 aliphatic rings. The SMILES string of the molecule is C[C@H]1COC(c2ccc(Cl)cc2)CN1. The molecule has 1 fully saturated rings.